The Labute approximate surface area is 96.9 Å². The van der Waals surface area contributed by atoms with Crippen LogP contribution in [0.15, 0.2) is 18.6 Å². The van der Waals surface area contributed by atoms with Gasteiger partial charge in [-0.05, 0) is 19.8 Å². The lowest BCUT2D eigenvalue weighted by molar-refractivity contribution is 0.0877. The van der Waals surface area contributed by atoms with Crippen LogP contribution < -0.4 is 5.73 Å². The lowest BCUT2D eigenvalue weighted by Gasteiger charge is -2.39. The lowest BCUT2D eigenvalue weighted by Crippen LogP contribution is -2.48. The van der Waals surface area contributed by atoms with Crippen LogP contribution in [0.1, 0.15) is 31.9 Å². The first-order valence-electron chi connectivity index (χ1n) is 6.02. The van der Waals surface area contributed by atoms with Crippen molar-refractivity contribution in [3.63, 3.8) is 0 Å². The first-order chi connectivity index (χ1) is 7.81. The van der Waals surface area contributed by atoms with Crippen LogP contribution >= 0.6 is 0 Å². The molecule has 2 heterocycles. The molecule has 2 rings (SSSR count). The van der Waals surface area contributed by atoms with Gasteiger partial charge in [0, 0.05) is 43.8 Å². The van der Waals surface area contributed by atoms with Crippen LogP contribution in [0.2, 0.25) is 0 Å². The Hall–Kier alpha value is -1.00. The molecular weight excluding hydrogens is 200 g/mol. The second-order valence-corrected chi connectivity index (χ2v) is 4.54. The normalized spacial score (nSPS) is 26.9. The van der Waals surface area contributed by atoms with Crippen molar-refractivity contribution in [1.29, 1.82) is 0 Å². The van der Waals surface area contributed by atoms with Crippen molar-refractivity contribution in [3.05, 3.63) is 24.3 Å². The molecule has 2 atom stereocenters. The Balaban J connectivity index is 2.05. The quantitative estimate of drug-likeness (QED) is 0.831. The molecule has 0 aromatic carbocycles. The van der Waals surface area contributed by atoms with E-state index in [4.69, 9.17) is 5.73 Å². The van der Waals surface area contributed by atoms with Gasteiger partial charge in [-0.1, -0.05) is 6.42 Å². The van der Waals surface area contributed by atoms with E-state index in [1.54, 1.807) is 12.4 Å². The molecule has 2 unspecified atom stereocenters. The Morgan fingerprint density at radius 2 is 2.31 bits per heavy atom. The van der Waals surface area contributed by atoms with Gasteiger partial charge in [0.15, 0.2) is 0 Å². The van der Waals surface area contributed by atoms with E-state index in [-0.39, 0.29) is 0 Å². The van der Waals surface area contributed by atoms with Crippen LogP contribution in [0, 0.1) is 0 Å². The summed E-state index contributed by atoms with van der Waals surface area (Å²) in [5, 5.41) is 0. The minimum Gasteiger partial charge on any atom is -0.329 e. The zero-order valence-corrected chi connectivity index (χ0v) is 9.84. The molecule has 4 nitrogen and oxygen atoms in total. The third kappa shape index (κ3) is 2.57. The second-order valence-electron chi connectivity index (χ2n) is 4.54. The molecule has 0 aliphatic carbocycles. The maximum Gasteiger partial charge on any atom is 0.0727 e. The molecule has 1 saturated heterocycles. The molecule has 16 heavy (non-hydrogen) atoms. The number of hydrogen-bond donors (Lipinski definition) is 1. The number of likely N-dealkylation sites (tertiary alicyclic amines) is 1. The first kappa shape index (κ1) is 11.5. The second kappa shape index (κ2) is 5.37. The van der Waals surface area contributed by atoms with Gasteiger partial charge < -0.3 is 5.73 Å². The fourth-order valence-corrected chi connectivity index (χ4v) is 2.48. The van der Waals surface area contributed by atoms with E-state index < -0.39 is 0 Å². The van der Waals surface area contributed by atoms with Gasteiger partial charge in [0.25, 0.3) is 0 Å². The van der Waals surface area contributed by atoms with Gasteiger partial charge in [-0.15, -0.1) is 0 Å². The number of rotatable bonds is 3. The molecule has 4 heteroatoms. The van der Waals surface area contributed by atoms with Gasteiger partial charge in [-0.25, -0.2) is 0 Å². The number of aromatic nitrogens is 2. The van der Waals surface area contributed by atoms with Crippen molar-refractivity contribution in [2.24, 2.45) is 5.73 Å². The van der Waals surface area contributed by atoms with E-state index >= 15 is 0 Å². The lowest BCUT2D eigenvalue weighted by atomic mass is 9.96. The average Bonchev–Trinajstić information content (AvgIpc) is 2.33. The van der Waals surface area contributed by atoms with Gasteiger partial charge in [0.05, 0.1) is 5.69 Å². The van der Waals surface area contributed by atoms with Gasteiger partial charge in [0.2, 0.25) is 0 Å². The van der Waals surface area contributed by atoms with Crippen molar-refractivity contribution in [2.75, 3.05) is 6.54 Å². The van der Waals surface area contributed by atoms with Gasteiger partial charge >= 0.3 is 0 Å². The van der Waals surface area contributed by atoms with Crippen molar-refractivity contribution in [2.45, 2.75) is 44.8 Å². The summed E-state index contributed by atoms with van der Waals surface area (Å²) < 4.78 is 0. The number of nitrogens with two attached hydrogens (primary N) is 1. The molecule has 0 radical (unpaired) electrons. The highest BCUT2D eigenvalue weighted by Crippen LogP contribution is 2.23. The van der Waals surface area contributed by atoms with E-state index in [2.05, 4.69) is 21.8 Å². The summed E-state index contributed by atoms with van der Waals surface area (Å²) in [6, 6.07) is 1.11. The van der Waals surface area contributed by atoms with Crippen LogP contribution in [0.4, 0.5) is 0 Å². The molecule has 2 N–H and O–H groups in total. The Bertz CT molecular complexity index is 314. The molecule has 1 aliphatic rings. The average molecular weight is 220 g/mol. The number of nitrogens with zero attached hydrogens (tertiary/aromatic N) is 3. The highest BCUT2D eigenvalue weighted by molar-refractivity contribution is 4.97. The molecule has 0 saturated carbocycles. The fraction of sp³-hybridized carbons (Fsp3) is 0.667. The van der Waals surface area contributed by atoms with Gasteiger partial charge in [-0.2, -0.15) is 0 Å². The van der Waals surface area contributed by atoms with Crippen LogP contribution in [0.5, 0.6) is 0 Å². The van der Waals surface area contributed by atoms with Crippen LogP contribution in [-0.2, 0) is 6.54 Å². The molecular formula is C12H20N4. The maximum absolute atomic E-state index is 5.83. The first-order valence-corrected chi connectivity index (χ1v) is 6.02. The maximum atomic E-state index is 5.83. The minimum absolute atomic E-state index is 0.505. The van der Waals surface area contributed by atoms with Crippen molar-refractivity contribution >= 4 is 0 Å². The highest BCUT2D eigenvalue weighted by Gasteiger charge is 2.26. The summed E-state index contributed by atoms with van der Waals surface area (Å²) in [6.45, 7) is 3.89. The van der Waals surface area contributed by atoms with Crippen LogP contribution in [0.3, 0.4) is 0 Å². The van der Waals surface area contributed by atoms with Crippen molar-refractivity contribution < 1.29 is 0 Å². The third-order valence-corrected chi connectivity index (χ3v) is 3.43. The van der Waals surface area contributed by atoms with Crippen molar-refractivity contribution in [1.82, 2.24) is 14.9 Å². The van der Waals surface area contributed by atoms with Crippen LogP contribution in [0.25, 0.3) is 0 Å². The smallest absolute Gasteiger partial charge is 0.0727 e. The predicted molar refractivity (Wildman–Crippen MR) is 63.7 cm³/mol. The number of hydrogen-bond acceptors (Lipinski definition) is 4. The third-order valence-electron chi connectivity index (χ3n) is 3.43. The summed E-state index contributed by atoms with van der Waals surface area (Å²) in [4.78, 5) is 10.9. The molecule has 1 aromatic rings. The van der Waals surface area contributed by atoms with Crippen molar-refractivity contribution in [3.8, 4) is 0 Å². The Morgan fingerprint density at radius 1 is 1.44 bits per heavy atom. The molecule has 88 valence electrons. The molecule has 1 aliphatic heterocycles. The summed E-state index contributed by atoms with van der Waals surface area (Å²) in [6.07, 6.45) is 9.07. The standard InChI is InChI=1S/C12H20N4/c1-10-3-2-4-12(7-13)16(10)9-11-8-14-5-6-15-11/h5-6,8,10,12H,2-4,7,9,13H2,1H3. The molecule has 0 spiro atoms. The van der Waals surface area contributed by atoms with E-state index in [1.165, 1.54) is 19.3 Å². The van der Waals surface area contributed by atoms with Gasteiger partial charge in [0.1, 0.15) is 0 Å². The minimum atomic E-state index is 0.505. The molecule has 0 amide bonds. The Morgan fingerprint density at radius 3 is 3.00 bits per heavy atom. The Kier molecular flexibility index (Phi) is 3.85. The zero-order chi connectivity index (χ0) is 11.4. The van der Waals surface area contributed by atoms with E-state index in [1.807, 2.05) is 6.20 Å². The summed E-state index contributed by atoms with van der Waals surface area (Å²) in [5.74, 6) is 0. The fourth-order valence-electron chi connectivity index (χ4n) is 2.48. The van der Waals surface area contributed by atoms with Crippen LogP contribution in [-0.4, -0.2) is 33.5 Å². The predicted octanol–water partition coefficient (Wildman–Crippen LogP) is 1.18. The van der Waals surface area contributed by atoms with E-state index in [0.29, 0.717) is 12.1 Å². The number of piperidine rings is 1. The largest absolute Gasteiger partial charge is 0.329 e. The summed E-state index contributed by atoms with van der Waals surface area (Å²) >= 11 is 0. The molecule has 0 bridgehead atoms. The highest BCUT2D eigenvalue weighted by atomic mass is 15.2. The monoisotopic (exact) mass is 220 g/mol. The SMILES string of the molecule is CC1CCCC(CN)N1Cc1cnccn1. The van der Waals surface area contributed by atoms with Gasteiger partial charge in [-0.3, -0.25) is 14.9 Å². The van der Waals surface area contributed by atoms with E-state index in [9.17, 15) is 0 Å². The zero-order valence-electron chi connectivity index (χ0n) is 9.84. The molecule has 1 fully saturated rings. The summed E-state index contributed by atoms with van der Waals surface area (Å²) in [7, 11) is 0. The summed E-state index contributed by atoms with van der Waals surface area (Å²) in [5.41, 5.74) is 6.87. The molecule has 1 aromatic heterocycles. The van der Waals surface area contributed by atoms with E-state index in [0.717, 1.165) is 18.8 Å². The topological polar surface area (TPSA) is 55.0 Å².